The van der Waals surface area contributed by atoms with Crippen LogP contribution in [0.5, 0.6) is 0 Å². The van der Waals surface area contributed by atoms with Crippen molar-refractivity contribution >= 4 is 12.0 Å². The third-order valence-corrected chi connectivity index (χ3v) is 2.93. The van der Waals surface area contributed by atoms with Crippen LogP contribution in [0.3, 0.4) is 0 Å². The van der Waals surface area contributed by atoms with E-state index in [1.807, 2.05) is 0 Å². The topological polar surface area (TPSA) is 98.7 Å². The molecule has 0 aromatic carbocycles. The molecule has 0 radical (unpaired) electrons. The maximum absolute atomic E-state index is 11.4. The van der Waals surface area contributed by atoms with Gasteiger partial charge in [-0.25, -0.2) is 4.79 Å². The monoisotopic (exact) mass is 244 g/mol. The van der Waals surface area contributed by atoms with E-state index in [2.05, 4.69) is 17.6 Å². The first kappa shape index (κ1) is 13.8. The number of amides is 2. The van der Waals surface area contributed by atoms with Gasteiger partial charge in [0, 0.05) is 12.6 Å². The molecule has 1 aliphatic rings. The zero-order chi connectivity index (χ0) is 13.1. The second kappa shape index (κ2) is 5.35. The smallest absolute Gasteiger partial charge is 0.315 e. The summed E-state index contributed by atoms with van der Waals surface area (Å²) in [4.78, 5) is 21.8. The Labute approximate surface area is 100 Å². The van der Waals surface area contributed by atoms with Crippen LogP contribution in [0.15, 0.2) is 0 Å². The summed E-state index contributed by atoms with van der Waals surface area (Å²) < 4.78 is 0. The van der Waals surface area contributed by atoms with E-state index in [0.717, 1.165) is 12.8 Å². The Balaban J connectivity index is 2.21. The molecule has 1 rings (SSSR count). The quantitative estimate of drug-likeness (QED) is 0.540. The Morgan fingerprint density at radius 2 is 2.12 bits per heavy atom. The minimum atomic E-state index is -1.42. The van der Waals surface area contributed by atoms with Gasteiger partial charge in [0.15, 0.2) is 0 Å². The van der Waals surface area contributed by atoms with Gasteiger partial charge < -0.3 is 20.8 Å². The second-order valence-corrected chi connectivity index (χ2v) is 4.90. The molecular weight excluding hydrogens is 224 g/mol. The van der Waals surface area contributed by atoms with Crippen LogP contribution in [0.25, 0.3) is 0 Å². The van der Waals surface area contributed by atoms with Crippen LogP contribution < -0.4 is 10.6 Å². The van der Waals surface area contributed by atoms with Crippen molar-refractivity contribution in [2.45, 2.75) is 44.8 Å². The molecule has 1 aliphatic carbocycles. The van der Waals surface area contributed by atoms with Crippen LogP contribution in [0.2, 0.25) is 0 Å². The summed E-state index contributed by atoms with van der Waals surface area (Å²) in [6, 6.07) is -0.124. The average Bonchev–Trinajstić information content (AvgIpc) is 2.92. The molecule has 0 bridgehead atoms. The van der Waals surface area contributed by atoms with Gasteiger partial charge in [0.25, 0.3) is 0 Å². The largest absolute Gasteiger partial charge is 0.481 e. The minimum Gasteiger partial charge on any atom is -0.481 e. The van der Waals surface area contributed by atoms with Gasteiger partial charge in [0.1, 0.15) is 0 Å². The van der Waals surface area contributed by atoms with Gasteiger partial charge in [-0.2, -0.15) is 0 Å². The summed E-state index contributed by atoms with van der Waals surface area (Å²) in [6.07, 6.45) is 1.64. The van der Waals surface area contributed by atoms with Gasteiger partial charge in [-0.3, -0.25) is 4.79 Å². The lowest BCUT2D eigenvalue weighted by Gasteiger charge is -2.21. The Morgan fingerprint density at radius 3 is 2.59 bits per heavy atom. The number of hydrogen-bond donors (Lipinski definition) is 4. The number of nitrogens with one attached hydrogen (secondary N) is 2. The van der Waals surface area contributed by atoms with Crippen molar-refractivity contribution < 1.29 is 19.8 Å². The Morgan fingerprint density at radius 1 is 1.47 bits per heavy atom. The van der Waals surface area contributed by atoms with E-state index in [-0.39, 0.29) is 18.6 Å². The molecule has 0 aromatic rings. The molecule has 6 nitrogen and oxygen atoms in total. The van der Waals surface area contributed by atoms with Gasteiger partial charge >= 0.3 is 12.0 Å². The fourth-order valence-corrected chi connectivity index (χ4v) is 1.75. The van der Waals surface area contributed by atoms with Crippen LogP contribution in [0.1, 0.15) is 33.1 Å². The predicted octanol–water partition coefficient (Wildman–Crippen LogP) is 0.310. The number of carbonyl (C=O) groups excluding carboxylic acids is 1. The van der Waals surface area contributed by atoms with Crippen molar-refractivity contribution in [1.82, 2.24) is 10.6 Å². The Hall–Kier alpha value is -1.30. The normalized spacial score (nSPS) is 25.8. The third kappa shape index (κ3) is 5.04. The summed E-state index contributed by atoms with van der Waals surface area (Å²) in [5.74, 6) is -0.536. The molecule has 17 heavy (non-hydrogen) atoms. The van der Waals surface area contributed by atoms with Gasteiger partial charge in [0.2, 0.25) is 0 Å². The Kier molecular flexibility index (Phi) is 4.34. The van der Waals surface area contributed by atoms with E-state index in [1.165, 1.54) is 6.92 Å². The molecule has 98 valence electrons. The lowest BCUT2D eigenvalue weighted by Crippen LogP contribution is -2.46. The van der Waals surface area contributed by atoms with Crippen molar-refractivity contribution in [3.8, 4) is 0 Å². The highest BCUT2D eigenvalue weighted by atomic mass is 16.4. The van der Waals surface area contributed by atoms with Crippen molar-refractivity contribution in [1.29, 1.82) is 0 Å². The molecular formula is C11H20N2O4. The molecule has 4 N–H and O–H groups in total. The fraction of sp³-hybridized carbons (Fsp3) is 0.818. The molecule has 0 spiro atoms. The molecule has 0 aliphatic heterocycles. The summed E-state index contributed by atoms with van der Waals surface area (Å²) in [5, 5.41) is 23.5. The van der Waals surface area contributed by atoms with E-state index in [0.29, 0.717) is 5.92 Å². The van der Waals surface area contributed by atoms with E-state index < -0.39 is 18.0 Å². The summed E-state index contributed by atoms with van der Waals surface area (Å²) >= 11 is 0. The van der Waals surface area contributed by atoms with E-state index in [1.54, 1.807) is 0 Å². The number of rotatable bonds is 6. The molecule has 0 aromatic heterocycles. The number of hydrogen-bond acceptors (Lipinski definition) is 3. The van der Waals surface area contributed by atoms with Crippen molar-refractivity contribution in [2.24, 2.45) is 5.92 Å². The first-order valence-corrected chi connectivity index (χ1v) is 5.82. The van der Waals surface area contributed by atoms with E-state index >= 15 is 0 Å². The van der Waals surface area contributed by atoms with Crippen LogP contribution in [-0.4, -0.2) is 40.4 Å². The highest BCUT2D eigenvalue weighted by Crippen LogP contribution is 2.32. The number of aliphatic hydroxyl groups is 1. The average molecular weight is 244 g/mol. The maximum atomic E-state index is 11.4. The predicted molar refractivity (Wildman–Crippen MR) is 61.6 cm³/mol. The minimum absolute atomic E-state index is 0.0748. The lowest BCUT2D eigenvalue weighted by atomic mass is 10.0. The maximum Gasteiger partial charge on any atom is 0.315 e. The summed E-state index contributed by atoms with van der Waals surface area (Å²) in [6.45, 7) is 3.38. The highest BCUT2D eigenvalue weighted by Gasteiger charge is 2.36. The molecule has 3 atom stereocenters. The van der Waals surface area contributed by atoms with Gasteiger partial charge in [-0.15, -0.1) is 0 Å². The van der Waals surface area contributed by atoms with Crippen molar-refractivity contribution in [2.75, 3.05) is 6.54 Å². The number of carboxylic acid groups (broad SMARTS) is 1. The first-order chi connectivity index (χ1) is 7.84. The first-order valence-electron chi connectivity index (χ1n) is 5.82. The molecule has 6 heteroatoms. The van der Waals surface area contributed by atoms with Crippen molar-refractivity contribution in [3.63, 3.8) is 0 Å². The number of carbonyl (C=O) groups is 2. The van der Waals surface area contributed by atoms with Crippen LogP contribution >= 0.6 is 0 Å². The van der Waals surface area contributed by atoms with Crippen LogP contribution in [0.4, 0.5) is 4.79 Å². The molecule has 2 amide bonds. The van der Waals surface area contributed by atoms with E-state index in [9.17, 15) is 14.7 Å². The standard InChI is InChI=1S/C11H20N2O4/c1-3-7-4-8(7)13-10(16)12-6-11(2,17)5-9(14)15/h7-8,17H,3-6H2,1-2H3,(H,14,15)(H2,12,13,16). The molecule has 3 unspecified atom stereocenters. The molecule has 0 saturated heterocycles. The molecule has 1 saturated carbocycles. The second-order valence-electron chi connectivity index (χ2n) is 4.90. The zero-order valence-corrected chi connectivity index (χ0v) is 10.2. The summed E-state index contributed by atoms with van der Waals surface area (Å²) in [5.41, 5.74) is -1.42. The molecule has 0 heterocycles. The zero-order valence-electron chi connectivity index (χ0n) is 10.2. The highest BCUT2D eigenvalue weighted by molar-refractivity contribution is 5.75. The lowest BCUT2D eigenvalue weighted by molar-refractivity contribution is -0.141. The van der Waals surface area contributed by atoms with Gasteiger partial charge in [-0.1, -0.05) is 13.3 Å². The number of carboxylic acids is 1. The summed E-state index contributed by atoms with van der Waals surface area (Å²) in [7, 11) is 0. The Bertz CT molecular complexity index is 304. The number of aliphatic carboxylic acids is 1. The van der Waals surface area contributed by atoms with Gasteiger partial charge in [0.05, 0.1) is 12.0 Å². The van der Waals surface area contributed by atoms with E-state index in [4.69, 9.17) is 5.11 Å². The number of urea groups is 1. The van der Waals surface area contributed by atoms with Crippen LogP contribution in [0, 0.1) is 5.92 Å². The third-order valence-electron chi connectivity index (χ3n) is 2.93. The molecule has 1 fully saturated rings. The fourth-order valence-electron chi connectivity index (χ4n) is 1.75. The van der Waals surface area contributed by atoms with Gasteiger partial charge in [-0.05, 0) is 19.3 Å². The SMILES string of the molecule is CCC1CC1NC(=O)NCC(C)(O)CC(=O)O. The van der Waals surface area contributed by atoms with Crippen LogP contribution in [-0.2, 0) is 4.79 Å². The van der Waals surface area contributed by atoms with Crippen molar-refractivity contribution in [3.05, 3.63) is 0 Å².